The van der Waals surface area contributed by atoms with E-state index in [0.29, 0.717) is 11.4 Å². The smallest absolute Gasteiger partial charge is 0.317 e. The highest BCUT2D eigenvalue weighted by Crippen LogP contribution is 2.46. The summed E-state index contributed by atoms with van der Waals surface area (Å²) in [5.74, 6) is 0. The third-order valence-corrected chi connectivity index (χ3v) is 3.34. The van der Waals surface area contributed by atoms with Crippen molar-refractivity contribution in [2.45, 2.75) is 25.7 Å². The predicted octanol–water partition coefficient (Wildman–Crippen LogP) is 1.45. The molecular weight excluding hydrogens is 166 g/mol. The van der Waals surface area contributed by atoms with Crippen LogP contribution >= 0.6 is 0 Å². The van der Waals surface area contributed by atoms with Crippen molar-refractivity contribution in [2.75, 3.05) is 18.0 Å². The summed E-state index contributed by atoms with van der Waals surface area (Å²) in [6, 6.07) is 0.692. The Kier molecular flexibility index (Phi) is 1.39. The number of hydrogen-bond donors (Lipinski definition) is 0. The molecule has 4 nitrogen and oxygen atoms in total. The topological polar surface area (TPSA) is 42.2 Å². The molecule has 1 saturated carbocycles. The highest BCUT2D eigenvalue weighted by Gasteiger charge is 2.46. The Hall–Kier alpha value is -1.06. The van der Waals surface area contributed by atoms with Crippen LogP contribution < -0.4 is 4.90 Å². The van der Waals surface area contributed by atoms with Crippen LogP contribution in [0.3, 0.4) is 0 Å². The highest BCUT2D eigenvalue weighted by atomic mass is 16.4. The van der Waals surface area contributed by atoms with Crippen molar-refractivity contribution in [3.63, 3.8) is 0 Å². The van der Waals surface area contributed by atoms with Crippen molar-refractivity contribution in [2.24, 2.45) is 5.41 Å². The van der Waals surface area contributed by atoms with Crippen LogP contribution in [0.2, 0.25) is 0 Å². The maximum atomic E-state index is 5.14. The van der Waals surface area contributed by atoms with Crippen molar-refractivity contribution in [3.8, 4) is 0 Å². The van der Waals surface area contributed by atoms with Gasteiger partial charge in [0, 0.05) is 18.5 Å². The van der Waals surface area contributed by atoms with Crippen LogP contribution in [0.5, 0.6) is 0 Å². The van der Waals surface area contributed by atoms with Crippen LogP contribution in [0.4, 0.5) is 6.01 Å². The first-order valence-electron chi connectivity index (χ1n) is 4.89. The van der Waals surface area contributed by atoms with E-state index in [1.54, 1.807) is 0 Å². The fourth-order valence-electron chi connectivity index (χ4n) is 2.64. The van der Waals surface area contributed by atoms with Crippen LogP contribution in [0, 0.1) is 5.41 Å². The maximum absolute atomic E-state index is 5.14. The fraction of sp³-hybridized carbons (Fsp3) is 0.778. The standard InChI is InChI=1S/C9H13N3O/c1-2-4-9(3-1)5-12(6-9)8-11-10-7-13-8/h7H,1-6H2. The van der Waals surface area contributed by atoms with Crippen molar-refractivity contribution in [1.29, 1.82) is 0 Å². The lowest BCUT2D eigenvalue weighted by atomic mass is 9.79. The molecule has 0 aromatic carbocycles. The van der Waals surface area contributed by atoms with E-state index in [4.69, 9.17) is 4.42 Å². The number of aromatic nitrogens is 2. The summed E-state index contributed by atoms with van der Waals surface area (Å²) in [4.78, 5) is 2.18. The zero-order chi connectivity index (χ0) is 8.73. The lowest BCUT2D eigenvalue weighted by molar-refractivity contribution is 0.210. The van der Waals surface area contributed by atoms with E-state index in [9.17, 15) is 0 Å². The highest BCUT2D eigenvalue weighted by molar-refractivity contribution is 5.32. The molecule has 0 N–H and O–H groups in total. The Morgan fingerprint density at radius 2 is 2.08 bits per heavy atom. The molecule has 2 heterocycles. The first-order valence-corrected chi connectivity index (χ1v) is 4.89. The Balaban J connectivity index is 1.68. The lowest BCUT2D eigenvalue weighted by Crippen LogP contribution is -2.55. The number of nitrogens with zero attached hydrogens (tertiary/aromatic N) is 3. The van der Waals surface area contributed by atoms with Gasteiger partial charge in [-0.2, -0.15) is 0 Å². The van der Waals surface area contributed by atoms with Gasteiger partial charge in [-0.1, -0.05) is 17.9 Å². The predicted molar refractivity (Wildman–Crippen MR) is 47.4 cm³/mol. The summed E-state index contributed by atoms with van der Waals surface area (Å²) in [6.07, 6.45) is 6.97. The van der Waals surface area contributed by atoms with Gasteiger partial charge in [0.1, 0.15) is 0 Å². The van der Waals surface area contributed by atoms with E-state index < -0.39 is 0 Å². The molecule has 3 rings (SSSR count). The second-order valence-corrected chi connectivity index (χ2v) is 4.28. The maximum Gasteiger partial charge on any atom is 0.317 e. The fourth-order valence-corrected chi connectivity index (χ4v) is 2.64. The Morgan fingerprint density at radius 3 is 2.69 bits per heavy atom. The summed E-state index contributed by atoms with van der Waals surface area (Å²) in [5.41, 5.74) is 0.606. The molecule has 1 aromatic rings. The van der Waals surface area contributed by atoms with Crippen LogP contribution in [0.15, 0.2) is 10.8 Å². The first kappa shape index (κ1) is 7.35. The van der Waals surface area contributed by atoms with Gasteiger partial charge in [0.15, 0.2) is 0 Å². The monoisotopic (exact) mass is 179 g/mol. The molecule has 1 spiro atoms. The largest absolute Gasteiger partial charge is 0.411 e. The van der Waals surface area contributed by atoms with E-state index in [-0.39, 0.29) is 0 Å². The van der Waals surface area contributed by atoms with Crippen molar-refractivity contribution in [1.82, 2.24) is 10.2 Å². The average Bonchev–Trinajstić information content (AvgIpc) is 2.72. The van der Waals surface area contributed by atoms with Gasteiger partial charge in [-0.25, -0.2) is 0 Å². The van der Waals surface area contributed by atoms with Gasteiger partial charge in [-0.05, 0) is 12.8 Å². The van der Waals surface area contributed by atoms with Gasteiger partial charge in [-0.15, -0.1) is 5.10 Å². The van der Waals surface area contributed by atoms with Gasteiger partial charge in [0.05, 0.1) is 0 Å². The SMILES string of the molecule is c1nnc(N2CC3(CCCC3)C2)o1. The van der Waals surface area contributed by atoms with Gasteiger partial charge in [0.2, 0.25) is 6.39 Å². The molecule has 0 amide bonds. The van der Waals surface area contributed by atoms with E-state index in [1.807, 2.05) is 0 Å². The van der Waals surface area contributed by atoms with Crippen LogP contribution in [-0.4, -0.2) is 23.3 Å². The van der Waals surface area contributed by atoms with E-state index in [0.717, 1.165) is 13.1 Å². The molecular formula is C9H13N3O. The van der Waals surface area contributed by atoms with Gasteiger partial charge >= 0.3 is 6.01 Å². The average molecular weight is 179 g/mol. The second-order valence-electron chi connectivity index (χ2n) is 4.28. The number of anilines is 1. The molecule has 70 valence electrons. The van der Waals surface area contributed by atoms with Crippen LogP contribution in [0.25, 0.3) is 0 Å². The Labute approximate surface area is 76.9 Å². The molecule has 1 aliphatic heterocycles. The molecule has 1 saturated heterocycles. The Bertz CT molecular complexity index is 282. The lowest BCUT2D eigenvalue weighted by Gasteiger charge is -2.47. The van der Waals surface area contributed by atoms with Gasteiger partial charge in [-0.3, -0.25) is 0 Å². The Morgan fingerprint density at radius 1 is 1.31 bits per heavy atom. The summed E-state index contributed by atoms with van der Waals surface area (Å²) >= 11 is 0. The molecule has 13 heavy (non-hydrogen) atoms. The summed E-state index contributed by atoms with van der Waals surface area (Å²) < 4.78 is 5.14. The normalized spacial score (nSPS) is 25.1. The molecule has 1 aliphatic carbocycles. The van der Waals surface area contributed by atoms with E-state index in [1.165, 1.54) is 32.1 Å². The van der Waals surface area contributed by atoms with Crippen molar-refractivity contribution in [3.05, 3.63) is 6.39 Å². The molecule has 2 aliphatic rings. The third-order valence-electron chi connectivity index (χ3n) is 3.34. The summed E-state index contributed by atoms with van der Waals surface area (Å²) in [6.45, 7) is 2.24. The molecule has 2 fully saturated rings. The minimum absolute atomic E-state index is 0.606. The zero-order valence-corrected chi connectivity index (χ0v) is 7.57. The van der Waals surface area contributed by atoms with Crippen LogP contribution in [-0.2, 0) is 0 Å². The minimum atomic E-state index is 0.606. The molecule has 1 aromatic heterocycles. The third kappa shape index (κ3) is 1.04. The van der Waals surface area contributed by atoms with E-state index >= 15 is 0 Å². The summed E-state index contributed by atoms with van der Waals surface area (Å²) in [7, 11) is 0. The molecule has 0 atom stereocenters. The molecule has 4 heteroatoms. The molecule has 0 bridgehead atoms. The number of rotatable bonds is 1. The van der Waals surface area contributed by atoms with Crippen molar-refractivity contribution >= 4 is 6.01 Å². The quantitative estimate of drug-likeness (QED) is 0.654. The molecule has 0 radical (unpaired) electrons. The second kappa shape index (κ2) is 2.47. The van der Waals surface area contributed by atoms with E-state index in [2.05, 4.69) is 15.1 Å². The van der Waals surface area contributed by atoms with Gasteiger partial charge in [0.25, 0.3) is 0 Å². The van der Waals surface area contributed by atoms with Gasteiger partial charge < -0.3 is 9.32 Å². The first-order chi connectivity index (χ1) is 6.38. The minimum Gasteiger partial charge on any atom is -0.411 e. The summed E-state index contributed by atoms with van der Waals surface area (Å²) in [5, 5.41) is 7.58. The van der Waals surface area contributed by atoms with Crippen LogP contribution in [0.1, 0.15) is 25.7 Å². The van der Waals surface area contributed by atoms with Crippen molar-refractivity contribution < 1.29 is 4.42 Å². The molecule has 0 unspecified atom stereocenters. The zero-order valence-electron chi connectivity index (χ0n) is 7.57. The number of hydrogen-bond acceptors (Lipinski definition) is 4.